The van der Waals surface area contributed by atoms with Crippen molar-refractivity contribution in [1.82, 2.24) is 4.98 Å². The Morgan fingerprint density at radius 1 is 0.667 bits per heavy atom. The molecule has 2 aromatic heterocycles. The van der Waals surface area contributed by atoms with Crippen LogP contribution in [0.1, 0.15) is 0 Å². The Morgan fingerprint density at radius 3 is 1.42 bits per heavy atom. The minimum Gasteiger partial charge on any atom is -0.265 e. The number of hydrogen-bond donors (Lipinski definition) is 0. The summed E-state index contributed by atoms with van der Waals surface area (Å²) in [6, 6.07) is 11.6. The van der Waals surface area contributed by atoms with E-state index in [1.165, 1.54) is 0 Å². The van der Waals surface area contributed by atoms with Crippen molar-refractivity contribution in [3.05, 3.63) is 61.2 Å². The number of nitrogens with one attached hydrogen (secondary N) is 1. The smallest absolute Gasteiger partial charge is 0.166 e. The molecule has 0 saturated carbocycles. The summed E-state index contributed by atoms with van der Waals surface area (Å²) in [5.74, 6) is 0. The Morgan fingerprint density at radius 2 is 1.25 bits per heavy atom. The van der Waals surface area contributed by atoms with Crippen molar-refractivity contribution >= 4 is 0 Å². The molecular formula is C10H11N2+. The predicted molar refractivity (Wildman–Crippen MR) is 47.2 cm³/mol. The third-order valence-corrected chi connectivity index (χ3v) is 1.17. The summed E-state index contributed by atoms with van der Waals surface area (Å²) < 4.78 is 0. The fraction of sp³-hybridized carbons (Fsp3) is 0. The van der Waals surface area contributed by atoms with E-state index < -0.39 is 0 Å². The van der Waals surface area contributed by atoms with E-state index >= 15 is 0 Å². The first-order valence-corrected chi connectivity index (χ1v) is 3.76. The van der Waals surface area contributed by atoms with E-state index in [-0.39, 0.29) is 0 Å². The molecule has 2 aromatic rings. The van der Waals surface area contributed by atoms with E-state index in [9.17, 15) is 0 Å². The van der Waals surface area contributed by atoms with E-state index in [1.807, 2.05) is 48.8 Å². The standard InChI is InChI=1S/2C5H5N/c2*1-2-4-6-5-3-1/h2*1-5H/p+1. The largest absolute Gasteiger partial charge is 0.265 e. The monoisotopic (exact) mass is 159 g/mol. The summed E-state index contributed by atoms with van der Waals surface area (Å²) in [5.41, 5.74) is 0. The molecule has 0 aliphatic heterocycles. The van der Waals surface area contributed by atoms with Crippen molar-refractivity contribution in [2.75, 3.05) is 0 Å². The van der Waals surface area contributed by atoms with Crippen LogP contribution in [0.15, 0.2) is 61.2 Å². The van der Waals surface area contributed by atoms with Gasteiger partial charge >= 0.3 is 0 Å². The highest BCUT2D eigenvalue weighted by atomic mass is 14.6. The maximum absolute atomic E-state index is 3.78. The molecule has 0 unspecified atom stereocenters. The van der Waals surface area contributed by atoms with Gasteiger partial charge in [-0.3, -0.25) is 4.98 Å². The zero-order valence-corrected chi connectivity index (χ0v) is 6.72. The number of aromatic amines is 1. The van der Waals surface area contributed by atoms with Gasteiger partial charge in [0.25, 0.3) is 0 Å². The fourth-order valence-electron chi connectivity index (χ4n) is 0.655. The minimum absolute atomic E-state index is 1.75. The molecule has 12 heavy (non-hydrogen) atoms. The SMILES string of the molecule is c1cc[nH+]cc1.c1ccncc1. The molecule has 0 saturated heterocycles. The van der Waals surface area contributed by atoms with Crippen LogP contribution in [0.3, 0.4) is 0 Å². The molecule has 0 spiro atoms. The topological polar surface area (TPSA) is 27.0 Å². The van der Waals surface area contributed by atoms with Crippen LogP contribution in [0.4, 0.5) is 0 Å². The average molecular weight is 159 g/mol. The molecule has 1 N–H and O–H groups in total. The van der Waals surface area contributed by atoms with Crippen molar-refractivity contribution in [2.24, 2.45) is 0 Å². The van der Waals surface area contributed by atoms with Crippen molar-refractivity contribution < 1.29 is 4.98 Å². The van der Waals surface area contributed by atoms with Gasteiger partial charge < -0.3 is 0 Å². The van der Waals surface area contributed by atoms with Gasteiger partial charge in [0.05, 0.1) is 0 Å². The quantitative estimate of drug-likeness (QED) is 0.573. The number of pyridine rings is 2. The maximum atomic E-state index is 3.78. The van der Waals surface area contributed by atoms with Gasteiger partial charge in [0.2, 0.25) is 0 Å². The molecule has 0 aromatic carbocycles. The first kappa shape index (κ1) is 8.40. The number of nitrogens with zero attached hydrogens (tertiary/aromatic N) is 1. The Balaban J connectivity index is 0.000000120. The lowest BCUT2D eigenvalue weighted by Gasteiger charge is -1.70. The summed E-state index contributed by atoms with van der Waals surface area (Å²) in [7, 11) is 0. The van der Waals surface area contributed by atoms with Crippen molar-refractivity contribution in [2.45, 2.75) is 0 Å². The Kier molecular flexibility index (Phi) is 4.23. The molecule has 2 heteroatoms. The summed E-state index contributed by atoms with van der Waals surface area (Å²) >= 11 is 0. The third-order valence-electron chi connectivity index (χ3n) is 1.17. The number of H-pyrrole nitrogens is 1. The third kappa shape index (κ3) is 4.17. The van der Waals surface area contributed by atoms with Gasteiger partial charge in [0, 0.05) is 24.5 Å². The van der Waals surface area contributed by atoms with Crippen LogP contribution in [0, 0.1) is 0 Å². The van der Waals surface area contributed by atoms with Gasteiger partial charge in [-0.05, 0) is 12.1 Å². The van der Waals surface area contributed by atoms with Crippen molar-refractivity contribution in [3.63, 3.8) is 0 Å². The molecule has 60 valence electrons. The maximum Gasteiger partial charge on any atom is 0.166 e. The van der Waals surface area contributed by atoms with E-state index in [1.54, 1.807) is 12.4 Å². The van der Waals surface area contributed by atoms with Gasteiger partial charge in [-0.25, -0.2) is 4.98 Å². The first-order valence-electron chi connectivity index (χ1n) is 3.76. The molecule has 2 heterocycles. The second kappa shape index (κ2) is 6.04. The first-order chi connectivity index (χ1) is 6.00. The van der Waals surface area contributed by atoms with Gasteiger partial charge in [0.1, 0.15) is 0 Å². The second-order valence-corrected chi connectivity index (χ2v) is 2.10. The fourth-order valence-corrected chi connectivity index (χ4v) is 0.655. The highest BCUT2D eigenvalue weighted by Gasteiger charge is 1.65. The van der Waals surface area contributed by atoms with Crippen LogP contribution in [-0.2, 0) is 0 Å². The molecule has 0 atom stereocenters. The van der Waals surface area contributed by atoms with Gasteiger partial charge in [0.15, 0.2) is 12.4 Å². The van der Waals surface area contributed by atoms with Crippen LogP contribution in [0.2, 0.25) is 0 Å². The average Bonchev–Trinajstić information content (AvgIpc) is 2.24. The molecule has 2 nitrogen and oxygen atoms in total. The van der Waals surface area contributed by atoms with Crippen molar-refractivity contribution in [3.8, 4) is 0 Å². The predicted octanol–water partition coefficient (Wildman–Crippen LogP) is 1.58. The highest BCUT2D eigenvalue weighted by molar-refractivity contribution is 4.88. The summed E-state index contributed by atoms with van der Waals surface area (Å²) in [4.78, 5) is 6.68. The van der Waals surface area contributed by atoms with Crippen LogP contribution in [0.5, 0.6) is 0 Å². The Hall–Kier alpha value is -1.70. The number of aromatic nitrogens is 2. The van der Waals surface area contributed by atoms with E-state index in [0.29, 0.717) is 0 Å². The minimum atomic E-state index is 1.75. The number of rotatable bonds is 0. The molecule has 0 radical (unpaired) electrons. The summed E-state index contributed by atoms with van der Waals surface area (Å²) in [6.45, 7) is 0. The lowest BCUT2D eigenvalue weighted by molar-refractivity contribution is -0.377. The molecular weight excluding hydrogens is 148 g/mol. The molecule has 0 amide bonds. The molecule has 0 aliphatic carbocycles. The van der Waals surface area contributed by atoms with Crippen LogP contribution in [0.25, 0.3) is 0 Å². The lowest BCUT2D eigenvalue weighted by Crippen LogP contribution is -1.93. The van der Waals surface area contributed by atoms with Crippen molar-refractivity contribution in [1.29, 1.82) is 0 Å². The summed E-state index contributed by atoms with van der Waals surface area (Å²) in [6.07, 6.45) is 7.25. The molecule has 0 bridgehead atoms. The van der Waals surface area contributed by atoms with E-state index in [2.05, 4.69) is 9.97 Å². The molecule has 0 fully saturated rings. The zero-order chi connectivity index (χ0) is 8.49. The zero-order valence-electron chi connectivity index (χ0n) is 6.72. The van der Waals surface area contributed by atoms with E-state index in [4.69, 9.17) is 0 Å². The normalized spacial score (nSPS) is 8.00. The Labute approximate surface area is 71.9 Å². The van der Waals surface area contributed by atoms with Gasteiger partial charge in [-0.15, -0.1) is 0 Å². The lowest BCUT2D eigenvalue weighted by atomic mass is 10.5. The molecule has 2 rings (SSSR count). The Bertz CT molecular complexity index is 183. The second-order valence-electron chi connectivity index (χ2n) is 2.10. The summed E-state index contributed by atoms with van der Waals surface area (Å²) in [5, 5.41) is 0. The molecule has 0 aliphatic rings. The number of hydrogen-bond acceptors (Lipinski definition) is 1. The van der Waals surface area contributed by atoms with Crippen LogP contribution >= 0.6 is 0 Å². The van der Waals surface area contributed by atoms with Crippen LogP contribution < -0.4 is 4.98 Å². The van der Waals surface area contributed by atoms with Gasteiger partial charge in [-0.1, -0.05) is 12.1 Å². The van der Waals surface area contributed by atoms with E-state index in [0.717, 1.165) is 0 Å². The van der Waals surface area contributed by atoms with Gasteiger partial charge in [-0.2, -0.15) is 0 Å². The highest BCUT2D eigenvalue weighted by Crippen LogP contribution is 1.73. The van der Waals surface area contributed by atoms with Crippen LogP contribution in [-0.4, -0.2) is 4.98 Å².